The summed E-state index contributed by atoms with van der Waals surface area (Å²) in [5, 5.41) is 7.84. The molecule has 0 spiro atoms. The Hall–Kier alpha value is -2.92. The Kier molecular flexibility index (Phi) is 5.81. The van der Waals surface area contributed by atoms with Crippen LogP contribution in [0.25, 0.3) is 0 Å². The van der Waals surface area contributed by atoms with Crippen molar-refractivity contribution in [2.24, 2.45) is 5.10 Å². The molecule has 2 aromatic carbocycles. The zero-order chi connectivity index (χ0) is 18.4. The number of benzene rings is 2. The predicted molar refractivity (Wildman–Crippen MR) is 113 cm³/mol. The summed E-state index contributed by atoms with van der Waals surface area (Å²) in [6.07, 6.45) is 3.83. The van der Waals surface area contributed by atoms with Gasteiger partial charge in [0.2, 0.25) is 0 Å². The van der Waals surface area contributed by atoms with E-state index in [0.717, 1.165) is 17.9 Å². The molecule has 4 nitrogen and oxygen atoms in total. The maximum Gasteiger partial charge on any atom is 0.191 e. The number of rotatable bonds is 5. The average molecular weight is 363 g/mol. The molecule has 5 heteroatoms. The Morgan fingerprint density at radius 1 is 1.04 bits per heavy atom. The first-order valence-corrected chi connectivity index (χ1v) is 8.88. The topological polar surface area (TPSA) is 41.4 Å². The fourth-order valence-electron chi connectivity index (χ4n) is 2.73. The largest absolute Gasteiger partial charge is 0.342 e. The van der Waals surface area contributed by atoms with Gasteiger partial charge >= 0.3 is 0 Å². The summed E-state index contributed by atoms with van der Waals surface area (Å²) in [5.41, 5.74) is 8.53. The molecule has 0 aliphatic heterocycles. The van der Waals surface area contributed by atoms with Gasteiger partial charge in [-0.05, 0) is 61.5 Å². The van der Waals surface area contributed by atoms with Crippen LogP contribution in [0.1, 0.15) is 22.4 Å². The molecule has 1 heterocycles. The number of aromatic nitrogens is 1. The van der Waals surface area contributed by atoms with Crippen molar-refractivity contribution < 1.29 is 0 Å². The van der Waals surface area contributed by atoms with Gasteiger partial charge in [0.1, 0.15) is 0 Å². The summed E-state index contributed by atoms with van der Waals surface area (Å²) in [6.45, 7) is 4.96. The Balaban J connectivity index is 1.59. The van der Waals surface area contributed by atoms with E-state index in [1.807, 2.05) is 49.5 Å². The molecule has 0 fully saturated rings. The van der Waals surface area contributed by atoms with Crippen LogP contribution in [0.5, 0.6) is 0 Å². The van der Waals surface area contributed by atoms with E-state index in [0.29, 0.717) is 5.11 Å². The van der Waals surface area contributed by atoms with Crippen molar-refractivity contribution in [2.45, 2.75) is 20.4 Å². The van der Waals surface area contributed by atoms with Gasteiger partial charge in [-0.1, -0.05) is 42.0 Å². The lowest BCUT2D eigenvalue weighted by Gasteiger charge is -2.09. The maximum atomic E-state index is 5.28. The Morgan fingerprint density at radius 3 is 2.58 bits per heavy atom. The predicted octanol–water partition coefficient (Wildman–Crippen LogP) is 4.47. The third-order valence-corrected chi connectivity index (χ3v) is 4.13. The zero-order valence-corrected chi connectivity index (χ0v) is 15.8. The summed E-state index contributed by atoms with van der Waals surface area (Å²) >= 11 is 5.28. The minimum atomic E-state index is 0.462. The van der Waals surface area contributed by atoms with E-state index in [4.69, 9.17) is 12.2 Å². The van der Waals surface area contributed by atoms with E-state index in [-0.39, 0.29) is 0 Å². The fraction of sp³-hybridized carbons (Fsp3) is 0.143. The van der Waals surface area contributed by atoms with Crippen LogP contribution in [-0.2, 0) is 6.54 Å². The number of hydrazone groups is 1. The van der Waals surface area contributed by atoms with E-state index < -0.39 is 0 Å². The quantitative estimate of drug-likeness (QED) is 0.400. The third kappa shape index (κ3) is 5.04. The Labute approximate surface area is 159 Å². The Bertz CT molecular complexity index is 927. The molecule has 26 heavy (non-hydrogen) atoms. The Morgan fingerprint density at radius 2 is 1.81 bits per heavy atom. The monoisotopic (exact) mass is 362 g/mol. The van der Waals surface area contributed by atoms with E-state index in [1.54, 1.807) is 6.21 Å². The first kappa shape index (κ1) is 17.9. The van der Waals surface area contributed by atoms with E-state index in [2.05, 4.69) is 51.6 Å². The summed E-state index contributed by atoms with van der Waals surface area (Å²) < 4.78 is 2.15. The SMILES string of the molecule is Cc1cccc(Cn2cccc2/C=N\NC(=S)Nc2cccc(C)c2)c1. The molecule has 2 N–H and O–H groups in total. The molecule has 0 unspecified atom stereocenters. The van der Waals surface area contributed by atoms with Gasteiger partial charge in [-0.25, -0.2) is 0 Å². The molecule has 132 valence electrons. The van der Waals surface area contributed by atoms with Crippen molar-refractivity contribution in [2.75, 3.05) is 5.32 Å². The minimum absolute atomic E-state index is 0.462. The lowest BCUT2D eigenvalue weighted by molar-refractivity contribution is 0.798. The molecule has 0 bridgehead atoms. The summed E-state index contributed by atoms with van der Waals surface area (Å²) in [6, 6.07) is 20.6. The number of anilines is 1. The van der Waals surface area contributed by atoms with E-state index in [9.17, 15) is 0 Å². The van der Waals surface area contributed by atoms with Crippen LogP contribution in [0.3, 0.4) is 0 Å². The normalized spacial score (nSPS) is 10.8. The molecule has 0 atom stereocenters. The van der Waals surface area contributed by atoms with Gasteiger partial charge in [-0.15, -0.1) is 0 Å². The third-order valence-electron chi connectivity index (χ3n) is 3.94. The molecular weight excluding hydrogens is 340 g/mol. The fourth-order valence-corrected chi connectivity index (χ4v) is 2.91. The zero-order valence-electron chi connectivity index (χ0n) is 14.9. The van der Waals surface area contributed by atoms with Crippen LogP contribution in [0, 0.1) is 13.8 Å². The van der Waals surface area contributed by atoms with Crippen molar-refractivity contribution in [1.82, 2.24) is 9.99 Å². The highest BCUT2D eigenvalue weighted by molar-refractivity contribution is 7.80. The molecule has 0 aliphatic carbocycles. The van der Waals surface area contributed by atoms with Gasteiger partial charge in [-0.3, -0.25) is 5.43 Å². The molecule has 0 saturated carbocycles. The molecule has 0 amide bonds. The summed E-state index contributed by atoms with van der Waals surface area (Å²) in [4.78, 5) is 0. The average Bonchev–Trinajstić information content (AvgIpc) is 3.02. The number of nitrogens with one attached hydrogen (secondary N) is 2. The maximum absolute atomic E-state index is 5.28. The first-order chi connectivity index (χ1) is 12.6. The number of thiocarbonyl (C=S) groups is 1. The van der Waals surface area contributed by atoms with Gasteiger partial charge in [0.25, 0.3) is 0 Å². The molecule has 0 saturated heterocycles. The van der Waals surface area contributed by atoms with Crippen LogP contribution < -0.4 is 10.7 Å². The van der Waals surface area contributed by atoms with Crippen molar-refractivity contribution in [3.63, 3.8) is 0 Å². The van der Waals surface area contributed by atoms with Gasteiger partial charge in [0, 0.05) is 18.4 Å². The second-order valence-electron chi connectivity index (χ2n) is 6.24. The number of hydrogen-bond acceptors (Lipinski definition) is 2. The molecule has 3 aromatic rings. The standard InChI is InChI=1S/C21H22N4S/c1-16-6-3-8-18(12-16)15-25-11-5-10-20(25)14-22-24-21(26)23-19-9-4-7-17(2)13-19/h3-14H,15H2,1-2H3,(H2,23,24,26)/b22-14-. The van der Waals surface area contributed by atoms with Gasteiger partial charge in [0.05, 0.1) is 11.9 Å². The van der Waals surface area contributed by atoms with Gasteiger partial charge < -0.3 is 9.88 Å². The van der Waals surface area contributed by atoms with Gasteiger partial charge in [-0.2, -0.15) is 5.10 Å². The van der Waals surface area contributed by atoms with E-state index in [1.165, 1.54) is 16.7 Å². The molecule has 1 aromatic heterocycles. The highest BCUT2D eigenvalue weighted by Crippen LogP contribution is 2.10. The highest BCUT2D eigenvalue weighted by atomic mass is 32.1. The van der Waals surface area contributed by atoms with Crippen LogP contribution in [0.15, 0.2) is 72.0 Å². The molecule has 0 radical (unpaired) electrons. The van der Waals surface area contributed by atoms with Crippen LogP contribution in [0.2, 0.25) is 0 Å². The van der Waals surface area contributed by atoms with Crippen LogP contribution >= 0.6 is 12.2 Å². The summed E-state index contributed by atoms with van der Waals surface area (Å²) in [5.74, 6) is 0. The highest BCUT2D eigenvalue weighted by Gasteiger charge is 2.01. The van der Waals surface area contributed by atoms with Crippen molar-refractivity contribution in [3.8, 4) is 0 Å². The number of hydrogen-bond donors (Lipinski definition) is 2. The van der Waals surface area contributed by atoms with Crippen LogP contribution in [0.4, 0.5) is 5.69 Å². The van der Waals surface area contributed by atoms with Crippen molar-refractivity contribution >= 4 is 29.2 Å². The lowest BCUT2D eigenvalue weighted by Crippen LogP contribution is -2.24. The van der Waals surface area contributed by atoms with Crippen molar-refractivity contribution in [1.29, 1.82) is 0 Å². The van der Waals surface area contributed by atoms with Crippen LogP contribution in [-0.4, -0.2) is 15.9 Å². The minimum Gasteiger partial charge on any atom is -0.342 e. The molecule has 0 aliphatic rings. The molecule has 3 rings (SSSR count). The lowest BCUT2D eigenvalue weighted by atomic mass is 10.1. The summed E-state index contributed by atoms with van der Waals surface area (Å²) in [7, 11) is 0. The molecular formula is C21H22N4S. The first-order valence-electron chi connectivity index (χ1n) is 8.47. The van der Waals surface area contributed by atoms with Gasteiger partial charge in [0.15, 0.2) is 5.11 Å². The second kappa shape index (κ2) is 8.45. The number of aryl methyl sites for hydroxylation is 2. The smallest absolute Gasteiger partial charge is 0.191 e. The van der Waals surface area contributed by atoms with Crippen molar-refractivity contribution in [3.05, 3.63) is 89.2 Å². The van der Waals surface area contributed by atoms with E-state index >= 15 is 0 Å². The number of nitrogens with zero attached hydrogens (tertiary/aromatic N) is 2. The second-order valence-corrected chi connectivity index (χ2v) is 6.65.